The summed E-state index contributed by atoms with van der Waals surface area (Å²) in [5.41, 5.74) is 3.94. The molecule has 0 unspecified atom stereocenters. The molecule has 1 aliphatic rings. The van der Waals surface area contributed by atoms with E-state index in [0.717, 1.165) is 40.6 Å². The van der Waals surface area contributed by atoms with E-state index in [9.17, 15) is 13.7 Å². The molecule has 2 aromatic carbocycles. The highest BCUT2D eigenvalue weighted by Gasteiger charge is 2.22. The topological polar surface area (TPSA) is 84.7 Å². The molecule has 1 N–H and O–H groups in total. The van der Waals surface area contributed by atoms with E-state index in [1.54, 1.807) is 18.6 Å². The van der Waals surface area contributed by atoms with E-state index in [4.69, 9.17) is 4.74 Å². The second-order valence-electron chi connectivity index (χ2n) is 8.73. The lowest BCUT2D eigenvalue weighted by Gasteiger charge is -2.27. The molecule has 1 saturated carbocycles. The quantitative estimate of drug-likeness (QED) is 0.600. The summed E-state index contributed by atoms with van der Waals surface area (Å²) in [5.74, 6) is 0.163. The first-order valence-corrected chi connectivity index (χ1v) is 13.1. The number of rotatable bonds is 5. The Balaban J connectivity index is 1.68. The zero-order chi connectivity index (χ0) is 22.9. The summed E-state index contributed by atoms with van der Waals surface area (Å²) in [6, 6.07) is 8.29. The molecule has 6 nitrogen and oxygen atoms in total. The highest BCUT2D eigenvalue weighted by molar-refractivity contribution is 7.92. The first-order valence-electron chi connectivity index (χ1n) is 10.7. The van der Waals surface area contributed by atoms with Gasteiger partial charge in [-0.25, -0.2) is 18.6 Å². The maximum atomic E-state index is 14.0. The molecule has 1 heterocycles. The maximum absolute atomic E-state index is 14.0. The van der Waals surface area contributed by atoms with E-state index < -0.39 is 9.73 Å². The number of halogens is 1. The van der Waals surface area contributed by atoms with Crippen LogP contribution in [0.4, 0.5) is 10.1 Å². The van der Waals surface area contributed by atoms with Crippen molar-refractivity contribution in [1.29, 1.82) is 0 Å². The molecule has 0 aliphatic heterocycles. The summed E-state index contributed by atoms with van der Waals surface area (Å²) in [7, 11) is -2.28. The smallest absolute Gasteiger partial charge is 0.126 e. The summed E-state index contributed by atoms with van der Waals surface area (Å²) in [6.07, 6.45) is 7.73. The van der Waals surface area contributed by atoms with Gasteiger partial charge in [-0.3, -0.25) is 0 Å². The molecule has 0 amide bonds. The van der Waals surface area contributed by atoms with Gasteiger partial charge in [-0.1, -0.05) is 6.07 Å². The van der Waals surface area contributed by atoms with Crippen molar-refractivity contribution in [3.05, 3.63) is 59.3 Å². The van der Waals surface area contributed by atoms with Crippen molar-refractivity contribution in [3.8, 4) is 5.75 Å². The number of aliphatic hydroxyl groups excluding tert-OH is 1. The molecular formula is C24H28FN3O3S. The van der Waals surface area contributed by atoms with Gasteiger partial charge in [-0.05, 0) is 56.4 Å². The van der Waals surface area contributed by atoms with Crippen LogP contribution in [0.25, 0.3) is 10.9 Å². The van der Waals surface area contributed by atoms with Crippen LogP contribution < -0.4 is 4.74 Å². The predicted molar refractivity (Wildman–Crippen MR) is 124 cm³/mol. The number of aromatic nitrogens is 2. The standard InChI is InChI=1S/C24H28FN3O3S/c1-15-10-18(28-32(2,3)30)13-22-24(15)21(26-14-27-22)11-16-4-5-17(25)12-23(16)31-20-8-6-19(29)7-9-20/h4-5,10,12-14,19-20,29H,6-9,11H2,1-3H3. The summed E-state index contributed by atoms with van der Waals surface area (Å²) in [5, 5.41) is 10.6. The molecule has 0 atom stereocenters. The first-order chi connectivity index (χ1) is 15.2. The van der Waals surface area contributed by atoms with Gasteiger partial charge in [0.25, 0.3) is 0 Å². The molecule has 0 bridgehead atoms. The minimum atomic E-state index is -2.28. The fraction of sp³-hybridized carbons (Fsp3) is 0.417. The number of ether oxygens (including phenoxy) is 1. The van der Waals surface area contributed by atoms with Crippen molar-refractivity contribution in [2.24, 2.45) is 4.36 Å². The van der Waals surface area contributed by atoms with Gasteiger partial charge in [0.2, 0.25) is 0 Å². The van der Waals surface area contributed by atoms with Gasteiger partial charge >= 0.3 is 0 Å². The molecule has 0 radical (unpaired) electrons. The first kappa shape index (κ1) is 22.6. The second kappa shape index (κ2) is 9.11. The Morgan fingerprint density at radius 2 is 1.91 bits per heavy atom. The summed E-state index contributed by atoms with van der Waals surface area (Å²) < 4.78 is 36.6. The van der Waals surface area contributed by atoms with Crippen molar-refractivity contribution in [1.82, 2.24) is 9.97 Å². The third-order valence-electron chi connectivity index (χ3n) is 5.65. The van der Waals surface area contributed by atoms with Crippen molar-refractivity contribution >= 4 is 26.3 Å². The Kier molecular flexibility index (Phi) is 6.44. The minimum Gasteiger partial charge on any atom is -0.490 e. The van der Waals surface area contributed by atoms with Gasteiger partial charge in [0.15, 0.2) is 0 Å². The zero-order valence-corrected chi connectivity index (χ0v) is 19.4. The van der Waals surface area contributed by atoms with Crippen LogP contribution in [0.1, 0.15) is 42.5 Å². The number of fused-ring (bicyclic) bond motifs is 1. The van der Waals surface area contributed by atoms with E-state index in [-0.39, 0.29) is 18.0 Å². The Morgan fingerprint density at radius 1 is 1.16 bits per heavy atom. The number of hydrogen-bond acceptors (Lipinski definition) is 6. The van der Waals surface area contributed by atoms with Gasteiger partial charge < -0.3 is 9.84 Å². The molecule has 3 aromatic rings. The molecule has 4 rings (SSSR count). The van der Waals surface area contributed by atoms with Crippen molar-refractivity contribution in [3.63, 3.8) is 0 Å². The van der Waals surface area contributed by atoms with Crippen LogP contribution in [0, 0.1) is 12.7 Å². The van der Waals surface area contributed by atoms with Crippen LogP contribution >= 0.6 is 0 Å². The summed E-state index contributed by atoms with van der Waals surface area (Å²) in [6.45, 7) is 1.96. The SMILES string of the molecule is Cc1cc(N=S(C)(C)=O)cc2ncnc(Cc3ccc(F)cc3OC3CCC(O)CC3)c12. The monoisotopic (exact) mass is 457 g/mol. The molecule has 1 fully saturated rings. The van der Waals surface area contributed by atoms with E-state index in [2.05, 4.69) is 14.3 Å². The van der Waals surface area contributed by atoms with E-state index in [0.29, 0.717) is 30.7 Å². The number of aliphatic hydroxyl groups is 1. The second-order valence-corrected chi connectivity index (χ2v) is 11.3. The van der Waals surface area contributed by atoms with Crippen LogP contribution in [-0.4, -0.2) is 44.0 Å². The molecule has 170 valence electrons. The average Bonchev–Trinajstić information content (AvgIpc) is 2.70. The lowest BCUT2D eigenvalue weighted by molar-refractivity contribution is 0.0660. The molecule has 8 heteroatoms. The molecule has 0 spiro atoms. The number of benzene rings is 2. The van der Waals surface area contributed by atoms with Crippen LogP contribution in [0.15, 0.2) is 41.0 Å². The lowest BCUT2D eigenvalue weighted by atomic mass is 9.95. The van der Waals surface area contributed by atoms with Gasteiger partial charge in [-0.15, -0.1) is 0 Å². The third kappa shape index (κ3) is 5.42. The Bertz CT molecular complexity index is 1250. The highest BCUT2D eigenvalue weighted by atomic mass is 32.2. The van der Waals surface area contributed by atoms with E-state index in [1.165, 1.54) is 18.5 Å². The summed E-state index contributed by atoms with van der Waals surface area (Å²) >= 11 is 0. The Labute approximate surface area is 188 Å². The number of nitrogens with zero attached hydrogens (tertiary/aromatic N) is 3. The van der Waals surface area contributed by atoms with Gasteiger partial charge in [0.05, 0.1) is 29.1 Å². The average molecular weight is 458 g/mol. The van der Waals surface area contributed by atoms with Crippen molar-refractivity contribution in [2.45, 2.75) is 51.2 Å². The van der Waals surface area contributed by atoms with Gasteiger partial charge in [0, 0.05) is 45.7 Å². The van der Waals surface area contributed by atoms with Gasteiger partial charge in [-0.2, -0.15) is 4.36 Å². The van der Waals surface area contributed by atoms with Crippen LogP contribution in [0.3, 0.4) is 0 Å². The molecular weight excluding hydrogens is 429 g/mol. The van der Waals surface area contributed by atoms with Crippen molar-refractivity contribution < 1.29 is 18.4 Å². The molecule has 0 saturated heterocycles. The van der Waals surface area contributed by atoms with Crippen LogP contribution in [0.2, 0.25) is 0 Å². The minimum absolute atomic E-state index is 0.0371. The Hall–Kier alpha value is -2.58. The highest BCUT2D eigenvalue weighted by Crippen LogP contribution is 2.31. The van der Waals surface area contributed by atoms with E-state index >= 15 is 0 Å². The van der Waals surface area contributed by atoms with Crippen LogP contribution in [0.5, 0.6) is 5.75 Å². The maximum Gasteiger partial charge on any atom is 0.126 e. The van der Waals surface area contributed by atoms with Crippen molar-refractivity contribution in [2.75, 3.05) is 12.5 Å². The Morgan fingerprint density at radius 3 is 2.62 bits per heavy atom. The molecule has 1 aromatic heterocycles. The molecule has 32 heavy (non-hydrogen) atoms. The summed E-state index contributed by atoms with van der Waals surface area (Å²) in [4.78, 5) is 8.90. The fourth-order valence-corrected chi connectivity index (χ4v) is 4.81. The van der Waals surface area contributed by atoms with E-state index in [1.807, 2.05) is 19.1 Å². The zero-order valence-electron chi connectivity index (χ0n) is 18.5. The molecule has 1 aliphatic carbocycles. The van der Waals surface area contributed by atoms with Crippen LogP contribution in [-0.2, 0) is 16.1 Å². The third-order valence-corrected chi connectivity index (χ3v) is 6.30. The fourth-order valence-electron chi connectivity index (χ4n) is 4.20. The normalized spacial score (nSPS) is 19.2. The predicted octanol–water partition coefficient (Wildman–Crippen LogP) is 4.71. The lowest BCUT2D eigenvalue weighted by Crippen LogP contribution is -2.26. The largest absolute Gasteiger partial charge is 0.490 e. The number of hydrogen-bond donors (Lipinski definition) is 1. The number of aryl methyl sites for hydroxylation is 1. The van der Waals surface area contributed by atoms with Gasteiger partial charge in [0.1, 0.15) is 17.9 Å².